The van der Waals surface area contributed by atoms with Crippen molar-refractivity contribution in [3.63, 3.8) is 0 Å². The number of amides is 1. The second-order valence-electron chi connectivity index (χ2n) is 3.91. The van der Waals surface area contributed by atoms with E-state index in [9.17, 15) is 4.79 Å². The Bertz CT molecular complexity index is 534. The zero-order valence-corrected chi connectivity index (χ0v) is 9.47. The van der Waals surface area contributed by atoms with Crippen LogP contribution in [0.15, 0.2) is 18.5 Å². The third kappa shape index (κ3) is 2.52. The SMILES string of the molecule is NC(=O)CCCCn1c(N)nc2cnccc21. The van der Waals surface area contributed by atoms with Gasteiger partial charge >= 0.3 is 0 Å². The van der Waals surface area contributed by atoms with Crippen LogP contribution in [0.25, 0.3) is 11.0 Å². The number of primary amides is 1. The van der Waals surface area contributed by atoms with Gasteiger partial charge in [-0.05, 0) is 18.9 Å². The molecule has 2 aromatic heterocycles. The highest BCUT2D eigenvalue weighted by Gasteiger charge is 2.07. The zero-order valence-electron chi connectivity index (χ0n) is 9.47. The van der Waals surface area contributed by atoms with Gasteiger partial charge in [-0.2, -0.15) is 0 Å². The summed E-state index contributed by atoms with van der Waals surface area (Å²) in [6.07, 6.45) is 5.42. The van der Waals surface area contributed by atoms with Crippen LogP contribution in [-0.2, 0) is 11.3 Å². The van der Waals surface area contributed by atoms with Gasteiger partial charge in [0, 0.05) is 19.2 Å². The van der Waals surface area contributed by atoms with Crippen molar-refractivity contribution >= 4 is 22.9 Å². The summed E-state index contributed by atoms with van der Waals surface area (Å²) in [6, 6.07) is 1.88. The number of nitrogens with zero attached hydrogens (tertiary/aromatic N) is 3. The van der Waals surface area contributed by atoms with Gasteiger partial charge in [-0.25, -0.2) is 4.98 Å². The van der Waals surface area contributed by atoms with E-state index in [2.05, 4.69) is 9.97 Å². The summed E-state index contributed by atoms with van der Waals surface area (Å²) in [4.78, 5) is 18.8. The lowest BCUT2D eigenvalue weighted by molar-refractivity contribution is -0.118. The summed E-state index contributed by atoms with van der Waals surface area (Å²) in [6.45, 7) is 0.736. The van der Waals surface area contributed by atoms with Crippen molar-refractivity contribution in [3.8, 4) is 0 Å². The van der Waals surface area contributed by atoms with Crippen LogP contribution in [0.5, 0.6) is 0 Å². The highest BCUT2D eigenvalue weighted by atomic mass is 16.1. The van der Waals surface area contributed by atoms with Gasteiger partial charge in [0.15, 0.2) is 0 Å². The molecule has 0 fully saturated rings. The largest absolute Gasteiger partial charge is 0.370 e. The van der Waals surface area contributed by atoms with Gasteiger partial charge < -0.3 is 16.0 Å². The zero-order chi connectivity index (χ0) is 12.3. The molecular weight excluding hydrogens is 218 g/mol. The Kier molecular flexibility index (Phi) is 3.22. The number of anilines is 1. The number of carbonyl (C=O) groups excluding carboxylic acids is 1. The van der Waals surface area contributed by atoms with Crippen molar-refractivity contribution in [2.45, 2.75) is 25.8 Å². The van der Waals surface area contributed by atoms with Gasteiger partial charge in [0.05, 0.1) is 11.7 Å². The second kappa shape index (κ2) is 4.82. The number of unbranched alkanes of at least 4 members (excludes halogenated alkanes) is 1. The van der Waals surface area contributed by atoms with Crippen molar-refractivity contribution in [2.24, 2.45) is 5.73 Å². The molecule has 6 nitrogen and oxygen atoms in total. The van der Waals surface area contributed by atoms with E-state index in [-0.39, 0.29) is 5.91 Å². The van der Waals surface area contributed by atoms with Crippen LogP contribution in [-0.4, -0.2) is 20.4 Å². The van der Waals surface area contributed by atoms with Gasteiger partial charge in [-0.3, -0.25) is 9.78 Å². The number of carbonyl (C=O) groups is 1. The molecule has 2 aromatic rings. The van der Waals surface area contributed by atoms with Crippen LogP contribution in [0.2, 0.25) is 0 Å². The number of fused-ring (bicyclic) bond motifs is 1. The monoisotopic (exact) mass is 233 g/mol. The van der Waals surface area contributed by atoms with E-state index < -0.39 is 0 Å². The molecule has 17 heavy (non-hydrogen) atoms. The Hall–Kier alpha value is -2.11. The van der Waals surface area contributed by atoms with Crippen molar-refractivity contribution in [3.05, 3.63) is 18.5 Å². The molecule has 0 unspecified atom stereocenters. The van der Waals surface area contributed by atoms with Crippen molar-refractivity contribution in [2.75, 3.05) is 5.73 Å². The quantitative estimate of drug-likeness (QED) is 0.741. The minimum atomic E-state index is -0.266. The topological polar surface area (TPSA) is 99.8 Å². The number of hydrogen-bond acceptors (Lipinski definition) is 4. The smallest absolute Gasteiger partial charge is 0.217 e. The fraction of sp³-hybridized carbons (Fsp3) is 0.364. The Balaban J connectivity index is 2.07. The Morgan fingerprint density at radius 3 is 3.00 bits per heavy atom. The Morgan fingerprint density at radius 2 is 2.24 bits per heavy atom. The summed E-state index contributed by atoms with van der Waals surface area (Å²) in [5.41, 5.74) is 12.7. The molecule has 2 heterocycles. The Morgan fingerprint density at radius 1 is 1.41 bits per heavy atom. The maximum Gasteiger partial charge on any atom is 0.217 e. The van der Waals surface area contributed by atoms with E-state index in [0.717, 1.165) is 30.4 Å². The van der Waals surface area contributed by atoms with Gasteiger partial charge in [0.1, 0.15) is 5.52 Å². The molecule has 0 aliphatic carbocycles. The lowest BCUT2D eigenvalue weighted by Gasteiger charge is -2.05. The molecule has 0 aromatic carbocycles. The number of aryl methyl sites for hydroxylation is 1. The molecule has 0 atom stereocenters. The average Bonchev–Trinajstić information content (AvgIpc) is 2.60. The first kappa shape index (κ1) is 11.4. The molecule has 0 bridgehead atoms. The van der Waals surface area contributed by atoms with E-state index in [1.165, 1.54) is 0 Å². The van der Waals surface area contributed by atoms with Crippen LogP contribution < -0.4 is 11.5 Å². The van der Waals surface area contributed by atoms with E-state index in [1.54, 1.807) is 12.4 Å². The average molecular weight is 233 g/mol. The highest BCUT2D eigenvalue weighted by molar-refractivity contribution is 5.77. The van der Waals surface area contributed by atoms with Crippen molar-refractivity contribution < 1.29 is 4.79 Å². The molecule has 0 saturated carbocycles. The van der Waals surface area contributed by atoms with Crippen LogP contribution in [0, 0.1) is 0 Å². The molecule has 90 valence electrons. The molecule has 4 N–H and O–H groups in total. The van der Waals surface area contributed by atoms with Crippen molar-refractivity contribution in [1.82, 2.24) is 14.5 Å². The normalized spacial score (nSPS) is 10.8. The maximum atomic E-state index is 10.6. The number of imidazole rings is 1. The lowest BCUT2D eigenvalue weighted by atomic mass is 10.2. The molecule has 1 amide bonds. The van der Waals surface area contributed by atoms with Crippen LogP contribution in [0.4, 0.5) is 5.95 Å². The van der Waals surface area contributed by atoms with E-state index in [4.69, 9.17) is 11.5 Å². The van der Waals surface area contributed by atoms with Gasteiger partial charge in [0.2, 0.25) is 11.9 Å². The second-order valence-corrected chi connectivity index (χ2v) is 3.91. The predicted molar refractivity (Wildman–Crippen MR) is 65.0 cm³/mol. The molecule has 0 radical (unpaired) electrons. The van der Waals surface area contributed by atoms with E-state index in [1.807, 2.05) is 10.6 Å². The molecular formula is C11H15N5O. The minimum Gasteiger partial charge on any atom is -0.370 e. The number of pyridine rings is 1. The van der Waals surface area contributed by atoms with Gasteiger partial charge in [-0.15, -0.1) is 0 Å². The van der Waals surface area contributed by atoms with E-state index >= 15 is 0 Å². The third-order valence-corrected chi connectivity index (χ3v) is 2.63. The number of nitrogen functional groups attached to an aromatic ring is 1. The number of hydrogen-bond donors (Lipinski definition) is 2. The highest BCUT2D eigenvalue weighted by Crippen LogP contribution is 2.17. The van der Waals surface area contributed by atoms with Crippen LogP contribution in [0.1, 0.15) is 19.3 Å². The molecule has 2 rings (SSSR count). The summed E-state index contributed by atoms with van der Waals surface area (Å²) in [7, 11) is 0. The first-order valence-corrected chi connectivity index (χ1v) is 5.52. The predicted octanol–water partition coefficient (Wildman–Crippen LogP) is 0.669. The molecule has 0 spiro atoms. The van der Waals surface area contributed by atoms with Gasteiger partial charge in [0.25, 0.3) is 0 Å². The summed E-state index contributed by atoms with van der Waals surface area (Å²) in [5.74, 6) is 0.213. The molecule has 0 aliphatic heterocycles. The van der Waals surface area contributed by atoms with Crippen LogP contribution in [0.3, 0.4) is 0 Å². The molecule has 0 saturated heterocycles. The maximum absolute atomic E-state index is 10.6. The molecule has 6 heteroatoms. The van der Waals surface area contributed by atoms with Crippen molar-refractivity contribution in [1.29, 1.82) is 0 Å². The number of rotatable bonds is 5. The fourth-order valence-corrected chi connectivity index (χ4v) is 1.80. The Labute approximate surface area is 98.6 Å². The fourth-order valence-electron chi connectivity index (χ4n) is 1.80. The standard InChI is InChI=1S/C11H15N5O/c12-10(17)3-1-2-6-16-9-4-5-14-7-8(9)15-11(16)13/h4-5,7H,1-3,6H2,(H2,12,17)(H2,13,15). The summed E-state index contributed by atoms with van der Waals surface area (Å²) < 4.78 is 1.93. The number of aromatic nitrogens is 3. The third-order valence-electron chi connectivity index (χ3n) is 2.63. The lowest BCUT2D eigenvalue weighted by Crippen LogP contribution is -2.10. The summed E-state index contributed by atoms with van der Waals surface area (Å²) in [5, 5.41) is 0. The minimum absolute atomic E-state index is 0.266. The first-order valence-electron chi connectivity index (χ1n) is 5.52. The van der Waals surface area contributed by atoms with Gasteiger partial charge in [-0.1, -0.05) is 0 Å². The summed E-state index contributed by atoms with van der Waals surface area (Å²) >= 11 is 0. The molecule has 0 aliphatic rings. The number of nitrogens with two attached hydrogens (primary N) is 2. The van der Waals surface area contributed by atoms with E-state index in [0.29, 0.717) is 12.4 Å². The van der Waals surface area contributed by atoms with Crippen LogP contribution >= 0.6 is 0 Å². The first-order chi connectivity index (χ1) is 8.18.